The Balaban J connectivity index is 1.82. The molecule has 0 aliphatic rings. The molecule has 158 valence electrons. The minimum atomic E-state index is -0.556. The molecule has 1 aromatic carbocycles. The summed E-state index contributed by atoms with van der Waals surface area (Å²) in [6.07, 6.45) is 1.45. The standard InChI is InChI=1S/C24H29N3O3/c1-7-27(23(28)30-24(4,5)6)22-13-9-18(15-25-22)21-11-8-17-14-19(29-16(2)3)10-12-20(17)26-21/h8-16H,7H2,1-6H3. The molecular weight excluding hydrogens is 378 g/mol. The first kappa shape index (κ1) is 21.6. The molecule has 0 spiro atoms. The molecule has 0 saturated carbocycles. The molecule has 3 aromatic rings. The average molecular weight is 408 g/mol. The van der Waals surface area contributed by atoms with Crippen molar-refractivity contribution >= 4 is 22.8 Å². The van der Waals surface area contributed by atoms with Gasteiger partial charge in [0.15, 0.2) is 0 Å². The van der Waals surface area contributed by atoms with E-state index in [1.807, 2.05) is 84.0 Å². The molecule has 30 heavy (non-hydrogen) atoms. The van der Waals surface area contributed by atoms with Gasteiger partial charge in [0.25, 0.3) is 0 Å². The molecule has 2 aromatic heterocycles. The van der Waals surface area contributed by atoms with E-state index in [1.165, 1.54) is 4.90 Å². The number of carbonyl (C=O) groups excluding carboxylic acids is 1. The highest BCUT2D eigenvalue weighted by Gasteiger charge is 2.23. The zero-order chi connectivity index (χ0) is 21.9. The first-order valence-electron chi connectivity index (χ1n) is 10.2. The Bertz CT molecular complexity index is 1020. The van der Waals surface area contributed by atoms with Crippen molar-refractivity contribution in [1.82, 2.24) is 9.97 Å². The van der Waals surface area contributed by atoms with Crippen LogP contribution in [0.4, 0.5) is 10.6 Å². The van der Waals surface area contributed by atoms with E-state index in [0.717, 1.165) is 27.9 Å². The number of fused-ring (bicyclic) bond motifs is 1. The normalized spacial score (nSPS) is 11.6. The van der Waals surface area contributed by atoms with Gasteiger partial charge >= 0.3 is 6.09 Å². The Hall–Kier alpha value is -3.15. The van der Waals surface area contributed by atoms with Crippen LogP contribution >= 0.6 is 0 Å². The van der Waals surface area contributed by atoms with Gasteiger partial charge in [-0.3, -0.25) is 4.90 Å². The van der Waals surface area contributed by atoms with Crippen LogP contribution in [-0.4, -0.2) is 34.3 Å². The lowest BCUT2D eigenvalue weighted by atomic mass is 10.1. The summed E-state index contributed by atoms with van der Waals surface area (Å²) in [6, 6.07) is 13.6. The molecule has 6 nitrogen and oxygen atoms in total. The maximum atomic E-state index is 12.4. The molecule has 0 saturated heterocycles. The third kappa shape index (κ3) is 5.26. The van der Waals surface area contributed by atoms with Crippen LogP contribution in [-0.2, 0) is 4.74 Å². The summed E-state index contributed by atoms with van der Waals surface area (Å²) >= 11 is 0. The quantitative estimate of drug-likeness (QED) is 0.531. The van der Waals surface area contributed by atoms with E-state index in [9.17, 15) is 4.79 Å². The van der Waals surface area contributed by atoms with Gasteiger partial charge in [-0.15, -0.1) is 0 Å². The molecule has 0 unspecified atom stereocenters. The Morgan fingerprint density at radius 3 is 2.47 bits per heavy atom. The molecule has 0 atom stereocenters. The number of benzene rings is 1. The fourth-order valence-corrected chi connectivity index (χ4v) is 3.01. The molecule has 3 rings (SSSR count). The zero-order valence-electron chi connectivity index (χ0n) is 18.5. The second-order valence-electron chi connectivity index (χ2n) is 8.35. The fourth-order valence-electron chi connectivity index (χ4n) is 3.01. The van der Waals surface area contributed by atoms with Crippen LogP contribution in [0.25, 0.3) is 22.2 Å². The van der Waals surface area contributed by atoms with Gasteiger partial charge in [0.2, 0.25) is 0 Å². The molecular formula is C24H29N3O3. The van der Waals surface area contributed by atoms with Crippen LogP contribution in [0.5, 0.6) is 5.75 Å². The largest absolute Gasteiger partial charge is 0.491 e. The first-order valence-corrected chi connectivity index (χ1v) is 10.2. The van der Waals surface area contributed by atoms with Crippen molar-refractivity contribution in [3.05, 3.63) is 48.7 Å². The predicted octanol–water partition coefficient (Wildman–Crippen LogP) is 5.85. The van der Waals surface area contributed by atoms with Gasteiger partial charge in [0.05, 0.1) is 17.3 Å². The van der Waals surface area contributed by atoms with E-state index in [-0.39, 0.29) is 6.10 Å². The van der Waals surface area contributed by atoms with Crippen molar-refractivity contribution in [1.29, 1.82) is 0 Å². The smallest absolute Gasteiger partial charge is 0.415 e. The molecule has 0 aliphatic heterocycles. The molecule has 0 aliphatic carbocycles. The highest BCUT2D eigenvalue weighted by Crippen LogP contribution is 2.25. The summed E-state index contributed by atoms with van der Waals surface area (Å²) in [5.41, 5.74) is 2.03. The summed E-state index contributed by atoms with van der Waals surface area (Å²) in [5.74, 6) is 1.38. The minimum absolute atomic E-state index is 0.127. The highest BCUT2D eigenvalue weighted by molar-refractivity contribution is 5.87. The van der Waals surface area contributed by atoms with Gasteiger partial charge in [-0.1, -0.05) is 6.07 Å². The molecule has 2 heterocycles. The molecule has 0 N–H and O–H groups in total. The maximum Gasteiger partial charge on any atom is 0.415 e. The number of aromatic nitrogens is 2. The SMILES string of the molecule is CCN(C(=O)OC(C)(C)C)c1ccc(-c2ccc3cc(OC(C)C)ccc3n2)cn1. The lowest BCUT2D eigenvalue weighted by Gasteiger charge is -2.25. The second kappa shape index (κ2) is 8.69. The summed E-state index contributed by atoms with van der Waals surface area (Å²) in [6.45, 7) is 11.9. The van der Waals surface area contributed by atoms with E-state index < -0.39 is 11.7 Å². The van der Waals surface area contributed by atoms with Crippen LogP contribution in [0.1, 0.15) is 41.5 Å². The molecule has 0 fully saturated rings. The van der Waals surface area contributed by atoms with Crippen LogP contribution in [0.3, 0.4) is 0 Å². The van der Waals surface area contributed by atoms with E-state index >= 15 is 0 Å². The van der Waals surface area contributed by atoms with Crippen molar-refractivity contribution in [2.24, 2.45) is 0 Å². The molecule has 0 bridgehead atoms. The van der Waals surface area contributed by atoms with Gasteiger partial charge in [0.1, 0.15) is 17.2 Å². The van der Waals surface area contributed by atoms with Gasteiger partial charge in [-0.25, -0.2) is 14.8 Å². The number of hydrogen-bond donors (Lipinski definition) is 0. The Morgan fingerprint density at radius 2 is 1.87 bits per heavy atom. The summed E-state index contributed by atoms with van der Waals surface area (Å²) in [7, 11) is 0. The number of ether oxygens (including phenoxy) is 2. The van der Waals surface area contributed by atoms with Crippen molar-refractivity contribution in [2.75, 3.05) is 11.4 Å². The number of amides is 1. The number of rotatable bonds is 5. The lowest BCUT2D eigenvalue weighted by Crippen LogP contribution is -2.37. The van der Waals surface area contributed by atoms with Crippen molar-refractivity contribution in [3.8, 4) is 17.0 Å². The Labute approximate surface area is 177 Å². The van der Waals surface area contributed by atoms with Gasteiger partial charge in [0, 0.05) is 23.7 Å². The van der Waals surface area contributed by atoms with Gasteiger partial charge in [-0.2, -0.15) is 0 Å². The number of carbonyl (C=O) groups is 1. The average Bonchev–Trinajstić information content (AvgIpc) is 2.67. The van der Waals surface area contributed by atoms with Crippen LogP contribution in [0.15, 0.2) is 48.7 Å². The number of anilines is 1. The summed E-state index contributed by atoms with van der Waals surface area (Å²) in [5, 5.41) is 1.02. The van der Waals surface area contributed by atoms with E-state index in [0.29, 0.717) is 12.4 Å². The zero-order valence-corrected chi connectivity index (χ0v) is 18.5. The highest BCUT2D eigenvalue weighted by atomic mass is 16.6. The number of pyridine rings is 2. The third-order valence-electron chi connectivity index (χ3n) is 4.28. The fraction of sp³-hybridized carbons (Fsp3) is 0.375. The van der Waals surface area contributed by atoms with E-state index in [1.54, 1.807) is 6.20 Å². The second-order valence-corrected chi connectivity index (χ2v) is 8.35. The Kier molecular flexibility index (Phi) is 6.25. The first-order chi connectivity index (χ1) is 14.2. The molecule has 0 radical (unpaired) electrons. The monoisotopic (exact) mass is 407 g/mol. The lowest BCUT2D eigenvalue weighted by molar-refractivity contribution is 0.0581. The van der Waals surface area contributed by atoms with Crippen molar-refractivity contribution in [3.63, 3.8) is 0 Å². The van der Waals surface area contributed by atoms with Crippen LogP contribution in [0.2, 0.25) is 0 Å². The summed E-state index contributed by atoms with van der Waals surface area (Å²) < 4.78 is 11.2. The van der Waals surface area contributed by atoms with Crippen molar-refractivity contribution < 1.29 is 14.3 Å². The van der Waals surface area contributed by atoms with Gasteiger partial charge in [-0.05, 0) is 77.9 Å². The maximum absolute atomic E-state index is 12.4. The van der Waals surface area contributed by atoms with E-state index in [2.05, 4.69) is 4.98 Å². The van der Waals surface area contributed by atoms with E-state index in [4.69, 9.17) is 14.5 Å². The third-order valence-corrected chi connectivity index (χ3v) is 4.28. The van der Waals surface area contributed by atoms with Crippen LogP contribution in [0, 0.1) is 0 Å². The minimum Gasteiger partial charge on any atom is -0.491 e. The number of nitrogens with zero attached hydrogens (tertiary/aromatic N) is 3. The van der Waals surface area contributed by atoms with Crippen molar-refractivity contribution in [2.45, 2.75) is 53.2 Å². The molecule has 6 heteroatoms. The topological polar surface area (TPSA) is 64.6 Å². The van der Waals surface area contributed by atoms with Crippen LogP contribution < -0.4 is 9.64 Å². The molecule has 1 amide bonds. The number of hydrogen-bond acceptors (Lipinski definition) is 5. The summed E-state index contributed by atoms with van der Waals surface area (Å²) in [4.78, 5) is 23.2. The Morgan fingerprint density at radius 1 is 1.10 bits per heavy atom. The predicted molar refractivity (Wildman–Crippen MR) is 120 cm³/mol. The van der Waals surface area contributed by atoms with Gasteiger partial charge < -0.3 is 9.47 Å².